The molecule has 34 heavy (non-hydrogen) atoms. The second-order valence-corrected chi connectivity index (χ2v) is 9.99. The van der Waals surface area contributed by atoms with E-state index < -0.39 is 5.97 Å². The van der Waals surface area contributed by atoms with E-state index in [0.29, 0.717) is 16.2 Å². The molecule has 0 N–H and O–H groups in total. The first-order valence-corrected chi connectivity index (χ1v) is 12.6. The molecule has 4 aromatic heterocycles. The Labute approximate surface area is 202 Å². The molecule has 0 amide bonds. The minimum atomic E-state index is -0.420. The van der Waals surface area contributed by atoms with Crippen molar-refractivity contribution in [2.45, 2.75) is 26.4 Å². The van der Waals surface area contributed by atoms with E-state index in [9.17, 15) is 9.59 Å². The Balaban J connectivity index is 1.38. The van der Waals surface area contributed by atoms with Crippen molar-refractivity contribution in [1.82, 2.24) is 14.4 Å². The Morgan fingerprint density at radius 2 is 2.03 bits per heavy atom. The molecule has 8 heteroatoms. The number of hydrogen-bond donors (Lipinski definition) is 0. The summed E-state index contributed by atoms with van der Waals surface area (Å²) in [6, 6.07) is 13.2. The van der Waals surface area contributed by atoms with Crippen LogP contribution in [0.4, 0.5) is 0 Å². The molecule has 0 atom stereocenters. The van der Waals surface area contributed by atoms with E-state index in [0.717, 1.165) is 46.3 Å². The predicted octanol–water partition coefficient (Wildman–Crippen LogP) is 5.52. The summed E-state index contributed by atoms with van der Waals surface area (Å²) in [5, 5.41) is 4.71. The molecule has 0 saturated heterocycles. The number of nitrogens with zero attached hydrogens (tertiary/aromatic N) is 3. The Morgan fingerprint density at radius 1 is 1.15 bits per heavy atom. The monoisotopic (exact) mass is 485 g/mol. The van der Waals surface area contributed by atoms with Crippen LogP contribution in [0, 0.1) is 6.92 Å². The molecule has 4 heterocycles. The van der Waals surface area contributed by atoms with E-state index in [1.54, 1.807) is 15.7 Å². The molecule has 0 spiro atoms. The van der Waals surface area contributed by atoms with Gasteiger partial charge in [-0.15, -0.1) is 22.7 Å². The van der Waals surface area contributed by atoms with Gasteiger partial charge in [0.15, 0.2) is 4.96 Å². The number of benzene rings is 1. The van der Waals surface area contributed by atoms with Crippen LogP contribution in [0.5, 0.6) is 0 Å². The molecule has 0 unspecified atom stereocenters. The fourth-order valence-electron chi connectivity index (χ4n) is 4.44. The minimum Gasteiger partial charge on any atom is -0.456 e. The summed E-state index contributed by atoms with van der Waals surface area (Å²) in [7, 11) is 0. The van der Waals surface area contributed by atoms with Gasteiger partial charge >= 0.3 is 5.97 Å². The smallest absolute Gasteiger partial charge is 0.339 e. The average molecular weight is 486 g/mol. The number of aryl methyl sites for hydroxylation is 1. The van der Waals surface area contributed by atoms with Crippen molar-refractivity contribution in [1.29, 1.82) is 0 Å². The number of esters is 1. The molecule has 168 valence electrons. The van der Waals surface area contributed by atoms with Crippen LogP contribution in [0.2, 0.25) is 0 Å². The van der Waals surface area contributed by atoms with Gasteiger partial charge in [-0.2, -0.15) is 0 Å². The second-order valence-electron chi connectivity index (χ2n) is 8.17. The summed E-state index contributed by atoms with van der Waals surface area (Å²) in [6.45, 7) is 1.80. The molecule has 1 aliphatic rings. The molecule has 0 bridgehead atoms. The second kappa shape index (κ2) is 8.30. The minimum absolute atomic E-state index is 0.0646. The van der Waals surface area contributed by atoms with Crippen molar-refractivity contribution < 1.29 is 9.53 Å². The van der Waals surface area contributed by atoms with Crippen molar-refractivity contribution in [3.63, 3.8) is 0 Å². The zero-order valence-electron chi connectivity index (χ0n) is 18.3. The summed E-state index contributed by atoms with van der Waals surface area (Å²) in [4.78, 5) is 37.0. The average Bonchev–Trinajstić information content (AvgIpc) is 3.58. The highest BCUT2D eigenvalue weighted by Gasteiger charge is 2.27. The maximum atomic E-state index is 13.4. The van der Waals surface area contributed by atoms with E-state index in [-0.39, 0.29) is 12.2 Å². The highest BCUT2D eigenvalue weighted by molar-refractivity contribution is 7.15. The summed E-state index contributed by atoms with van der Waals surface area (Å²) in [6.07, 6.45) is 3.71. The standard InChI is InChI=1S/C26H19N3O3S2/c1-15-14-34-26-27-17(12-22(30)29(15)26)13-32-25(31)23-19-6-2-3-7-21(19)28-24-16(8-9-20(23)24)11-18-5-4-10-33-18/h2-7,10-12,14H,8-9,13H2,1H3/b16-11+. The summed E-state index contributed by atoms with van der Waals surface area (Å²) >= 11 is 3.07. The van der Waals surface area contributed by atoms with Gasteiger partial charge in [0.2, 0.25) is 0 Å². The van der Waals surface area contributed by atoms with E-state index in [1.165, 1.54) is 22.3 Å². The number of aromatic nitrogens is 3. The summed E-state index contributed by atoms with van der Waals surface area (Å²) in [5.41, 5.74) is 5.34. The van der Waals surface area contributed by atoms with Crippen LogP contribution in [0.25, 0.3) is 27.5 Å². The Hall–Kier alpha value is -3.62. The number of allylic oxidation sites excluding steroid dienone is 1. The fraction of sp³-hybridized carbons (Fsp3) is 0.154. The van der Waals surface area contributed by atoms with Crippen molar-refractivity contribution in [2.75, 3.05) is 0 Å². The molecule has 6 nitrogen and oxygen atoms in total. The van der Waals surface area contributed by atoms with Crippen LogP contribution in [0.3, 0.4) is 0 Å². The molecule has 0 radical (unpaired) electrons. The normalized spacial score (nSPS) is 14.2. The van der Waals surface area contributed by atoms with Gasteiger partial charge in [0.05, 0.1) is 22.5 Å². The van der Waals surface area contributed by atoms with E-state index in [1.807, 2.05) is 48.0 Å². The zero-order valence-corrected chi connectivity index (χ0v) is 19.9. The lowest BCUT2D eigenvalue weighted by Gasteiger charge is -2.12. The van der Waals surface area contributed by atoms with Gasteiger partial charge < -0.3 is 4.74 Å². The number of fused-ring (bicyclic) bond motifs is 3. The number of carbonyl (C=O) groups excluding carboxylic acids is 1. The van der Waals surface area contributed by atoms with Crippen LogP contribution >= 0.6 is 22.7 Å². The maximum absolute atomic E-state index is 13.4. The van der Waals surface area contributed by atoms with Crippen molar-refractivity contribution >= 4 is 56.2 Å². The van der Waals surface area contributed by atoms with Crippen LogP contribution in [-0.4, -0.2) is 20.3 Å². The lowest BCUT2D eigenvalue weighted by molar-refractivity contribution is 0.0469. The number of thiazole rings is 1. The number of hydrogen-bond acceptors (Lipinski definition) is 7. The van der Waals surface area contributed by atoms with Gasteiger partial charge in [0.25, 0.3) is 5.56 Å². The number of carbonyl (C=O) groups is 1. The number of ether oxygens (including phenoxy) is 1. The Morgan fingerprint density at radius 3 is 2.88 bits per heavy atom. The molecule has 0 aliphatic heterocycles. The molecule has 0 fully saturated rings. The van der Waals surface area contributed by atoms with Gasteiger partial charge in [-0.3, -0.25) is 9.20 Å². The highest BCUT2D eigenvalue weighted by Crippen LogP contribution is 2.38. The topological polar surface area (TPSA) is 73.6 Å². The van der Waals surface area contributed by atoms with Gasteiger partial charge in [-0.1, -0.05) is 24.3 Å². The van der Waals surface area contributed by atoms with Gasteiger partial charge in [-0.05, 0) is 54.5 Å². The molecule has 6 rings (SSSR count). The number of para-hydroxylation sites is 1. The number of thiophene rings is 1. The number of rotatable bonds is 4. The van der Waals surface area contributed by atoms with Crippen molar-refractivity contribution in [2.24, 2.45) is 0 Å². The molecule has 0 saturated carbocycles. The van der Waals surface area contributed by atoms with Crippen molar-refractivity contribution in [3.05, 3.63) is 96.7 Å². The summed E-state index contributed by atoms with van der Waals surface area (Å²) < 4.78 is 7.27. The first-order valence-electron chi connectivity index (χ1n) is 10.9. The molecular formula is C26H19N3O3S2. The lowest BCUT2D eigenvalue weighted by Crippen LogP contribution is -2.17. The third-order valence-electron chi connectivity index (χ3n) is 5.99. The highest BCUT2D eigenvalue weighted by atomic mass is 32.1. The number of pyridine rings is 1. The fourth-order valence-corrected chi connectivity index (χ4v) is 6.02. The van der Waals surface area contributed by atoms with Crippen LogP contribution in [0.1, 0.15) is 44.3 Å². The van der Waals surface area contributed by atoms with E-state index >= 15 is 0 Å². The molecule has 1 aliphatic carbocycles. The quantitative estimate of drug-likeness (QED) is 0.314. The van der Waals surface area contributed by atoms with Gasteiger partial charge in [0, 0.05) is 27.4 Å². The molecule has 1 aromatic carbocycles. The Bertz CT molecular complexity index is 1660. The van der Waals surface area contributed by atoms with Crippen LogP contribution in [-0.2, 0) is 17.8 Å². The maximum Gasteiger partial charge on any atom is 0.339 e. The van der Waals surface area contributed by atoms with Gasteiger partial charge in [-0.25, -0.2) is 14.8 Å². The predicted molar refractivity (Wildman–Crippen MR) is 135 cm³/mol. The third-order valence-corrected chi connectivity index (χ3v) is 7.75. The molecule has 5 aromatic rings. The van der Waals surface area contributed by atoms with Crippen molar-refractivity contribution in [3.8, 4) is 0 Å². The molecular weight excluding hydrogens is 466 g/mol. The first kappa shape index (κ1) is 20.9. The summed E-state index contributed by atoms with van der Waals surface area (Å²) in [5.74, 6) is -0.420. The van der Waals surface area contributed by atoms with E-state index in [2.05, 4.69) is 17.1 Å². The lowest BCUT2D eigenvalue weighted by atomic mass is 10.0. The van der Waals surface area contributed by atoms with Gasteiger partial charge in [0.1, 0.15) is 6.61 Å². The van der Waals surface area contributed by atoms with E-state index in [4.69, 9.17) is 9.72 Å². The largest absolute Gasteiger partial charge is 0.456 e. The SMILES string of the molecule is Cc1csc2nc(COC(=O)c3c4c(nc5ccccc35)/C(=C/c3cccs3)CC4)cc(=O)n12. The van der Waals surface area contributed by atoms with Crippen LogP contribution in [0.15, 0.2) is 58.0 Å². The first-order chi connectivity index (χ1) is 16.6. The zero-order chi connectivity index (χ0) is 23.2. The Kier molecular flexibility index (Phi) is 5.12. The third kappa shape index (κ3) is 3.55. The van der Waals surface area contributed by atoms with Crippen LogP contribution < -0.4 is 5.56 Å².